The van der Waals surface area contributed by atoms with E-state index in [-0.39, 0.29) is 12.1 Å². The first kappa shape index (κ1) is 12.7. The van der Waals surface area contributed by atoms with Crippen LogP contribution in [0, 0.1) is 0 Å². The molecule has 2 rings (SSSR count). The Kier molecular flexibility index (Phi) is 2.78. The Morgan fingerprint density at radius 1 is 1.32 bits per heavy atom. The molecule has 2 aromatic rings. The van der Waals surface area contributed by atoms with Gasteiger partial charge in [-0.25, -0.2) is 4.79 Å². The average molecular weight is 266 g/mol. The number of hydrogen-bond donors (Lipinski definition) is 4. The number of nitrogens with zero attached hydrogens (tertiary/aromatic N) is 2. The fourth-order valence-corrected chi connectivity index (χ4v) is 1.78. The zero-order valence-electron chi connectivity index (χ0n) is 9.78. The second-order valence-electron chi connectivity index (χ2n) is 3.79. The second kappa shape index (κ2) is 4.16. The van der Waals surface area contributed by atoms with Gasteiger partial charge in [-0.1, -0.05) is 0 Å². The first-order chi connectivity index (χ1) is 8.88. The summed E-state index contributed by atoms with van der Waals surface area (Å²) in [6, 6.07) is 1.04. The van der Waals surface area contributed by atoms with E-state index in [4.69, 9.17) is 5.11 Å². The van der Waals surface area contributed by atoms with Crippen molar-refractivity contribution in [3.63, 3.8) is 0 Å². The lowest BCUT2D eigenvalue weighted by molar-refractivity contribution is 0.0686. The molecule has 0 bridgehead atoms. The molecular weight excluding hydrogens is 256 g/mol. The van der Waals surface area contributed by atoms with E-state index < -0.39 is 39.7 Å². The lowest BCUT2D eigenvalue weighted by Gasteiger charge is -2.11. The lowest BCUT2D eigenvalue weighted by atomic mass is 10.1. The number of aryl methyl sites for hydroxylation is 1. The highest BCUT2D eigenvalue weighted by atomic mass is 16.4. The van der Waals surface area contributed by atoms with Crippen LogP contribution in [0.4, 0.5) is 0 Å². The van der Waals surface area contributed by atoms with Crippen LogP contribution in [0.25, 0.3) is 10.9 Å². The van der Waals surface area contributed by atoms with Crippen LogP contribution < -0.4 is 5.43 Å². The van der Waals surface area contributed by atoms with Crippen LogP contribution in [-0.4, -0.2) is 36.2 Å². The maximum Gasteiger partial charge on any atom is 0.360 e. The van der Waals surface area contributed by atoms with E-state index in [1.165, 1.54) is 0 Å². The van der Waals surface area contributed by atoms with Crippen molar-refractivity contribution >= 4 is 16.9 Å². The van der Waals surface area contributed by atoms with Gasteiger partial charge in [0.15, 0.2) is 11.5 Å². The maximum absolute atomic E-state index is 11.9. The number of aromatic nitrogens is 2. The third-order valence-electron chi connectivity index (χ3n) is 2.68. The Labute approximate surface area is 105 Å². The monoisotopic (exact) mass is 266 g/mol. The van der Waals surface area contributed by atoms with Gasteiger partial charge in [0.25, 0.3) is 0 Å². The molecule has 0 aliphatic carbocycles. The summed E-state index contributed by atoms with van der Waals surface area (Å²) in [5.41, 5.74) is -1.76. The first-order valence-electron chi connectivity index (χ1n) is 5.30. The summed E-state index contributed by atoms with van der Waals surface area (Å²) < 4.78 is 1.14. The number of carboxylic acid groups (broad SMARTS) is 1. The number of benzene rings is 1. The van der Waals surface area contributed by atoms with Gasteiger partial charge in [-0.15, -0.1) is 0 Å². The van der Waals surface area contributed by atoms with Gasteiger partial charge in [0.1, 0.15) is 0 Å². The van der Waals surface area contributed by atoms with E-state index in [2.05, 4.69) is 5.10 Å². The highest BCUT2D eigenvalue weighted by Gasteiger charge is 2.22. The fourth-order valence-electron chi connectivity index (χ4n) is 1.78. The van der Waals surface area contributed by atoms with Crippen molar-refractivity contribution in [2.45, 2.75) is 13.5 Å². The molecule has 100 valence electrons. The Morgan fingerprint density at radius 2 is 1.95 bits per heavy atom. The first-order valence-corrected chi connectivity index (χ1v) is 5.30. The minimum Gasteiger partial charge on any atom is -0.504 e. The number of phenols is 3. The van der Waals surface area contributed by atoms with Crippen LogP contribution >= 0.6 is 0 Å². The van der Waals surface area contributed by atoms with Crippen molar-refractivity contribution in [1.82, 2.24) is 9.78 Å². The predicted molar refractivity (Wildman–Crippen MR) is 63.6 cm³/mol. The molecule has 0 saturated heterocycles. The molecule has 1 heterocycles. The molecule has 0 aliphatic rings. The van der Waals surface area contributed by atoms with Gasteiger partial charge in [0, 0.05) is 12.6 Å². The number of phenolic OH excluding ortho intramolecular Hbond substituents is 3. The smallest absolute Gasteiger partial charge is 0.360 e. The maximum atomic E-state index is 11.9. The van der Waals surface area contributed by atoms with E-state index in [0.29, 0.717) is 0 Å². The van der Waals surface area contributed by atoms with Crippen molar-refractivity contribution in [2.24, 2.45) is 0 Å². The van der Waals surface area contributed by atoms with Gasteiger partial charge in [-0.3, -0.25) is 9.48 Å². The molecule has 0 radical (unpaired) electrons. The molecule has 8 heteroatoms. The van der Waals surface area contributed by atoms with Gasteiger partial charge in [0.2, 0.25) is 16.9 Å². The molecule has 0 amide bonds. The normalized spacial score (nSPS) is 10.8. The minimum atomic E-state index is -1.54. The molecule has 1 aromatic heterocycles. The molecular formula is C11H10N2O6. The molecule has 19 heavy (non-hydrogen) atoms. The molecule has 8 nitrogen and oxygen atoms in total. The molecule has 0 saturated carbocycles. The standard InChI is InChI=1S/C11H10N2O6/c1-2-13-4-3-5(14)8(15)10(17)6(4)9(16)7(12-13)11(18)19/h3,14-15,17H,2H2,1H3,(H,18,19). The van der Waals surface area contributed by atoms with E-state index in [0.717, 1.165) is 10.7 Å². The van der Waals surface area contributed by atoms with Crippen LogP contribution in [0.2, 0.25) is 0 Å². The summed E-state index contributed by atoms with van der Waals surface area (Å²) in [5.74, 6) is -3.92. The van der Waals surface area contributed by atoms with Gasteiger partial charge in [-0.05, 0) is 6.92 Å². The number of rotatable bonds is 2. The van der Waals surface area contributed by atoms with Crippen molar-refractivity contribution in [2.75, 3.05) is 0 Å². The Balaban J connectivity index is 3.09. The highest BCUT2D eigenvalue weighted by molar-refractivity contribution is 5.95. The second-order valence-corrected chi connectivity index (χ2v) is 3.79. The largest absolute Gasteiger partial charge is 0.504 e. The minimum absolute atomic E-state index is 0.0327. The zero-order valence-corrected chi connectivity index (χ0v) is 9.78. The van der Waals surface area contributed by atoms with Crippen molar-refractivity contribution < 1.29 is 25.2 Å². The number of carboxylic acids is 1. The molecule has 4 N–H and O–H groups in total. The SMILES string of the molecule is CCn1nc(C(=O)O)c(=O)c2c(O)c(O)c(O)cc21. The summed E-state index contributed by atoms with van der Waals surface area (Å²) in [6.07, 6.45) is 0. The summed E-state index contributed by atoms with van der Waals surface area (Å²) >= 11 is 0. The van der Waals surface area contributed by atoms with Gasteiger partial charge < -0.3 is 20.4 Å². The number of aromatic hydroxyl groups is 3. The average Bonchev–Trinajstić information content (AvgIpc) is 2.35. The quantitative estimate of drug-likeness (QED) is 0.572. The third-order valence-corrected chi connectivity index (χ3v) is 2.68. The van der Waals surface area contributed by atoms with E-state index in [1.807, 2.05) is 0 Å². The highest BCUT2D eigenvalue weighted by Crippen LogP contribution is 2.39. The summed E-state index contributed by atoms with van der Waals surface area (Å²) in [4.78, 5) is 22.8. The molecule has 0 aliphatic heterocycles. The molecule has 1 aromatic carbocycles. The van der Waals surface area contributed by atoms with Crippen molar-refractivity contribution in [1.29, 1.82) is 0 Å². The topological polar surface area (TPSA) is 133 Å². The molecule has 0 fully saturated rings. The summed E-state index contributed by atoms with van der Waals surface area (Å²) in [6.45, 7) is 1.85. The fraction of sp³-hybridized carbons (Fsp3) is 0.182. The Morgan fingerprint density at radius 3 is 2.47 bits per heavy atom. The number of hydrogen-bond acceptors (Lipinski definition) is 6. The number of fused-ring (bicyclic) bond motifs is 1. The van der Waals surface area contributed by atoms with E-state index >= 15 is 0 Å². The van der Waals surface area contributed by atoms with E-state index in [9.17, 15) is 24.9 Å². The van der Waals surface area contributed by atoms with Crippen LogP contribution in [0.5, 0.6) is 17.2 Å². The van der Waals surface area contributed by atoms with Gasteiger partial charge in [0.05, 0.1) is 10.9 Å². The van der Waals surface area contributed by atoms with Crippen LogP contribution in [-0.2, 0) is 6.54 Å². The molecule has 0 unspecified atom stereocenters. The third kappa shape index (κ3) is 1.73. The van der Waals surface area contributed by atoms with Crippen LogP contribution in [0.3, 0.4) is 0 Å². The predicted octanol–water partition coefficient (Wildman–Crippen LogP) is 0.231. The van der Waals surface area contributed by atoms with Crippen molar-refractivity contribution in [3.05, 3.63) is 22.0 Å². The van der Waals surface area contributed by atoms with E-state index in [1.54, 1.807) is 6.92 Å². The summed E-state index contributed by atoms with van der Waals surface area (Å²) in [5, 5.41) is 40.6. The molecule has 0 atom stereocenters. The van der Waals surface area contributed by atoms with Crippen molar-refractivity contribution in [3.8, 4) is 17.2 Å². The van der Waals surface area contributed by atoms with Gasteiger partial charge >= 0.3 is 5.97 Å². The van der Waals surface area contributed by atoms with Crippen LogP contribution in [0.1, 0.15) is 17.4 Å². The number of aromatic carboxylic acids is 1. The Bertz CT molecular complexity index is 749. The van der Waals surface area contributed by atoms with Gasteiger partial charge in [-0.2, -0.15) is 5.10 Å². The number of carbonyl (C=O) groups is 1. The zero-order chi connectivity index (χ0) is 14.3. The molecule has 0 spiro atoms. The lowest BCUT2D eigenvalue weighted by Crippen LogP contribution is -2.22. The summed E-state index contributed by atoms with van der Waals surface area (Å²) in [7, 11) is 0. The Hall–Kier alpha value is -2.77. The van der Waals surface area contributed by atoms with Crippen LogP contribution in [0.15, 0.2) is 10.9 Å².